The fraction of sp³-hybridized carbons (Fsp3) is 0.0833. The van der Waals surface area contributed by atoms with Crippen LogP contribution in [0.2, 0.25) is 15.3 Å². The smallest absolute Gasteiger partial charge is 0.224 e. The third-order valence-electron chi connectivity index (χ3n) is 2.26. The molecule has 1 heterocycles. The van der Waals surface area contributed by atoms with E-state index in [0.29, 0.717) is 27.2 Å². The lowest BCUT2D eigenvalue weighted by Gasteiger charge is -2.13. The summed E-state index contributed by atoms with van der Waals surface area (Å²) in [5, 5.41) is 6.48. The maximum atomic E-state index is 11.2. The number of rotatable bonds is 3. The molecule has 0 aliphatic carbocycles. The lowest BCUT2D eigenvalue weighted by Crippen LogP contribution is -2.08. The van der Waals surface area contributed by atoms with E-state index in [0.717, 1.165) is 0 Å². The molecule has 0 fully saturated rings. The topological polar surface area (TPSA) is 66.9 Å². The summed E-state index contributed by atoms with van der Waals surface area (Å²) in [7, 11) is 0. The van der Waals surface area contributed by atoms with Crippen LogP contribution in [-0.4, -0.2) is 15.9 Å². The quantitative estimate of drug-likeness (QED) is 0.830. The van der Waals surface area contributed by atoms with Gasteiger partial charge in [-0.3, -0.25) is 4.79 Å². The molecular weight excluding hydrogens is 323 g/mol. The molecule has 0 atom stereocenters. The highest BCUT2D eigenvalue weighted by Crippen LogP contribution is 2.31. The van der Waals surface area contributed by atoms with Crippen molar-refractivity contribution in [2.45, 2.75) is 6.92 Å². The van der Waals surface area contributed by atoms with E-state index >= 15 is 0 Å². The van der Waals surface area contributed by atoms with Gasteiger partial charge in [-0.1, -0.05) is 23.2 Å². The van der Waals surface area contributed by atoms with Crippen molar-refractivity contribution in [1.82, 2.24) is 9.97 Å². The maximum absolute atomic E-state index is 11.2. The van der Waals surface area contributed by atoms with Crippen molar-refractivity contribution in [1.29, 1.82) is 0 Å². The van der Waals surface area contributed by atoms with Gasteiger partial charge in [0.2, 0.25) is 11.2 Å². The number of carbonyl (C=O) groups excluding carboxylic acids is 1. The van der Waals surface area contributed by atoms with E-state index in [1.807, 2.05) is 0 Å². The van der Waals surface area contributed by atoms with Crippen LogP contribution in [-0.2, 0) is 4.79 Å². The first-order chi connectivity index (χ1) is 9.45. The van der Waals surface area contributed by atoms with Crippen LogP contribution < -0.4 is 10.6 Å². The number of hydrogen-bond acceptors (Lipinski definition) is 4. The van der Waals surface area contributed by atoms with Gasteiger partial charge in [-0.2, -0.15) is 4.98 Å². The monoisotopic (exact) mass is 330 g/mol. The summed E-state index contributed by atoms with van der Waals surface area (Å²) in [6.07, 6.45) is 1.38. The second kappa shape index (κ2) is 6.26. The summed E-state index contributed by atoms with van der Waals surface area (Å²) < 4.78 is 0. The minimum Gasteiger partial charge on any atom is -0.337 e. The molecule has 0 radical (unpaired) electrons. The van der Waals surface area contributed by atoms with Gasteiger partial charge in [-0.15, -0.1) is 0 Å². The minimum atomic E-state index is -0.206. The van der Waals surface area contributed by atoms with E-state index in [4.69, 9.17) is 34.8 Å². The van der Waals surface area contributed by atoms with Crippen molar-refractivity contribution in [3.05, 3.63) is 39.7 Å². The Hall–Kier alpha value is -1.56. The molecule has 20 heavy (non-hydrogen) atoms. The molecule has 0 unspecified atom stereocenters. The van der Waals surface area contributed by atoms with Crippen LogP contribution in [0.4, 0.5) is 17.2 Å². The van der Waals surface area contributed by atoms with Crippen LogP contribution in [0.5, 0.6) is 0 Å². The largest absolute Gasteiger partial charge is 0.337 e. The molecule has 0 bridgehead atoms. The summed E-state index contributed by atoms with van der Waals surface area (Å²) >= 11 is 17.6. The second-order valence-corrected chi connectivity index (χ2v) is 5.01. The van der Waals surface area contributed by atoms with E-state index in [1.165, 1.54) is 13.1 Å². The highest BCUT2D eigenvalue weighted by Gasteiger charge is 2.09. The number of benzene rings is 1. The Bertz CT molecular complexity index is 663. The molecule has 8 heteroatoms. The van der Waals surface area contributed by atoms with Gasteiger partial charge in [0.05, 0.1) is 17.6 Å². The molecule has 104 valence electrons. The SMILES string of the molecule is CC(=O)Nc1ccc(Cl)cc1Nc1nc(Cl)ncc1Cl. The van der Waals surface area contributed by atoms with Gasteiger partial charge in [0.25, 0.3) is 0 Å². The van der Waals surface area contributed by atoms with Crippen LogP contribution in [0.3, 0.4) is 0 Å². The Kier molecular flexibility index (Phi) is 4.65. The van der Waals surface area contributed by atoms with Crippen molar-refractivity contribution in [2.75, 3.05) is 10.6 Å². The zero-order valence-corrected chi connectivity index (χ0v) is 12.5. The zero-order valence-electron chi connectivity index (χ0n) is 10.2. The maximum Gasteiger partial charge on any atom is 0.224 e. The van der Waals surface area contributed by atoms with Crippen molar-refractivity contribution in [3.8, 4) is 0 Å². The fourth-order valence-electron chi connectivity index (χ4n) is 1.48. The van der Waals surface area contributed by atoms with E-state index in [1.54, 1.807) is 18.2 Å². The Morgan fingerprint density at radius 1 is 1.20 bits per heavy atom. The van der Waals surface area contributed by atoms with Crippen molar-refractivity contribution in [3.63, 3.8) is 0 Å². The molecule has 0 saturated carbocycles. The first-order valence-electron chi connectivity index (χ1n) is 5.48. The predicted octanol–water partition coefficient (Wildman–Crippen LogP) is 4.14. The number of nitrogens with one attached hydrogen (secondary N) is 2. The van der Waals surface area contributed by atoms with Gasteiger partial charge in [-0.25, -0.2) is 4.98 Å². The summed E-state index contributed by atoms with van der Waals surface area (Å²) in [6, 6.07) is 4.97. The van der Waals surface area contributed by atoms with Crippen molar-refractivity contribution >= 4 is 57.9 Å². The van der Waals surface area contributed by atoms with Crippen LogP contribution in [0.25, 0.3) is 0 Å². The van der Waals surface area contributed by atoms with Gasteiger partial charge in [0.1, 0.15) is 5.02 Å². The number of hydrogen-bond donors (Lipinski definition) is 2. The Morgan fingerprint density at radius 3 is 2.65 bits per heavy atom. The van der Waals surface area contributed by atoms with Gasteiger partial charge in [0.15, 0.2) is 5.82 Å². The van der Waals surface area contributed by atoms with Gasteiger partial charge < -0.3 is 10.6 Å². The standard InChI is InChI=1S/C12H9Cl3N4O/c1-6(20)17-9-3-2-7(13)4-10(9)18-11-8(14)5-16-12(15)19-11/h2-5H,1H3,(H,17,20)(H,16,18,19). The number of amides is 1. The number of nitrogens with zero attached hydrogens (tertiary/aromatic N) is 2. The predicted molar refractivity (Wildman–Crippen MR) is 81.1 cm³/mol. The number of carbonyl (C=O) groups is 1. The van der Waals surface area contributed by atoms with E-state index in [9.17, 15) is 4.79 Å². The van der Waals surface area contributed by atoms with Crippen molar-refractivity contribution in [2.24, 2.45) is 0 Å². The molecule has 2 rings (SSSR count). The lowest BCUT2D eigenvalue weighted by atomic mass is 10.2. The Labute approximate surface area is 130 Å². The summed E-state index contributed by atoms with van der Waals surface area (Å²) in [5.74, 6) is 0.114. The minimum absolute atomic E-state index is 0.0556. The normalized spacial score (nSPS) is 10.2. The van der Waals surface area contributed by atoms with E-state index < -0.39 is 0 Å². The summed E-state index contributed by atoms with van der Waals surface area (Å²) in [4.78, 5) is 18.9. The third-order valence-corrected chi connectivity index (χ3v) is 2.95. The summed E-state index contributed by atoms with van der Waals surface area (Å²) in [5.41, 5.74) is 1.09. The number of halogens is 3. The van der Waals surface area contributed by atoms with Gasteiger partial charge in [0, 0.05) is 11.9 Å². The molecule has 0 spiro atoms. The van der Waals surface area contributed by atoms with Crippen LogP contribution >= 0.6 is 34.8 Å². The summed E-state index contributed by atoms with van der Waals surface area (Å²) in [6.45, 7) is 1.41. The zero-order chi connectivity index (χ0) is 14.7. The molecule has 0 aliphatic heterocycles. The number of aromatic nitrogens is 2. The average molecular weight is 332 g/mol. The van der Waals surface area contributed by atoms with Crippen LogP contribution in [0.1, 0.15) is 6.92 Å². The molecule has 1 amide bonds. The van der Waals surface area contributed by atoms with E-state index in [-0.39, 0.29) is 11.2 Å². The van der Waals surface area contributed by atoms with Gasteiger partial charge in [-0.05, 0) is 29.8 Å². The Balaban J connectivity index is 2.38. The molecule has 5 nitrogen and oxygen atoms in total. The van der Waals surface area contributed by atoms with E-state index in [2.05, 4.69) is 20.6 Å². The number of anilines is 3. The molecule has 1 aromatic heterocycles. The second-order valence-electron chi connectivity index (χ2n) is 3.83. The molecule has 1 aromatic carbocycles. The molecular formula is C12H9Cl3N4O. The first kappa shape index (κ1) is 14.8. The van der Waals surface area contributed by atoms with Crippen LogP contribution in [0.15, 0.2) is 24.4 Å². The van der Waals surface area contributed by atoms with Crippen molar-refractivity contribution < 1.29 is 4.79 Å². The highest BCUT2D eigenvalue weighted by atomic mass is 35.5. The van der Waals surface area contributed by atoms with Crippen LogP contribution in [0, 0.1) is 0 Å². The molecule has 0 aliphatic rings. The third kappa shape index (κ3) is 3.72. The fourth-order valence-corrected chi connectivity index (χ4v) is 1.92. The first-order valence-corrected chi connectivity index (χ1v) is 6.61. The molecule has 2 N–H and O–H groups in total. The molecule has 0 saturated heterocycles. The Morgan fingerprint density at radius 2 is 1.95 bits per heavy atom. The average Bonchev–Trinajstić information content (AvgIpc) is 2.37. The highest BCUT2D eigenvalue weighted by molar-refractivity contribution is 6.34. The van der Waals surface area contributed by atoms with Gasteiger partial charge >= 0.3 is 0 Å². The lowest BCUT2D eigenvalue weighted by molar-refractivity contribution is -0.114. The molecule has 2 aromatic rings.